The average Bonchev–Trinajstić information content (AvgIpc) is 2.45. The van der Waals surface area contributed by atoms with Crippen LogP contribution in [0.15, 0.2) is 18.2 Å². The minimum absolute atomic E-state index is 0.133. The lowest BCUT2D eigenvalue weighted by atomic mass is 10.2. The van der Waals surface area contributed by atoms with Gasteiger partial charge in [-0.15, -0.1) is 11.3 Å². The van der Waals surface area contributed by atoms with Crippen LogP contribution in [0.25, 0.3) is 10.1 Å². The van der Waals surface area contributed by atoms with Crippen molar-refractivity contribution in [1.29, 1.82) is 0 Å². The number of fused-ring (bicyclic) bond motifs is 1. The Hall–Kier alpha value is -1.42. The quantitative estimate of drug-likeness (QED) is 0.799. The topological polar surface area (TPSA) is 55.5 Å². The van der Waals surface area contributed by atoms with E-state index in [1.165, 1.54) is 11.3 Å². The third-order valence-corrected chi connectivity index (χ3v) is 2.95. The van der Waals surface area contributed by atoms with Crippen molar-refractivity contribution in [2.24, 2.45) is 0 Å². The van der Waals surface area contributed by atoms with E-state index in [2.05, 4.69) is 0 Å². The number of aromatic hydroxyl groups is 1. The molecule has 4 heteroatoms. The van der Waals surface area contributed by atoms with Crippen LogP contribution in [0, 0.1) is 0 Å². The van der Waals surface area contributed by atoms with Crippen LogP contribution in [0.5, 0.6) is 11.5 Å². The highest BCUT2D eigenvalue weighted by atomic mass is 32.1. The zero-order valence-corrected chi connectivity index (χ0v) is 8.60. The van der Waals surface area contributed by atoms with Gasteiger partial charge in [-0.2, -0.15) is 0 Å². The highest BCUT2D eigenvalue weighted by Gasteiger charge is 2.12. The number of hydrogen-bond acceptors (Lipinski definition) is 4. The van der Waals surface area contributed by atoms with Gasteiger partial charge in [0.25, 0.3) is 0 Å². The second kappa shape index (κ2) is 3.38. The number of rotatable bonds is 2. The Morgan fingerprint density at radius 3 is 3.00 bits per heavy atom. The van der Waals surface area contributed by atoms with Crippen molar-refractivity contribution in [3.05, 3.63) is 18.2 Å². The monoisotopic (exact) mass is 209 g/mol. The van der Waals surface area contributed by atoms with Crippen LogP contribution in [-0.4, -0.2) is 11.7 Å². The molecular formula is C10H11NO2S. The summed E-state index contributed by atoms with van der Waals surface area (Å²) >= 11 is 1.37. The Balaban J connectivity index is 2.71. The molecule has 74 valence electrons. The summed E-state index contributed by atoms with van der Waals surface area (Å²) in [7, 11) is 0. The van der Waals surface area contributed by atoms with Gasteiger partial charge in [0.05, 0.1) is 12.0 Å². The predicted molar refractivity (Wildman–Crippen MR) is 59.1 cm³/mol. The number of anilines is 1. The van der Waals surface area contributed by atoms with Gasteiger partial charge in [-0.1, -0.05) is 6.07 Å². The molecule has 0 fully saturated rings. The molecule has 0 atom stereocenters. The summed E-state index contributed by atoms with van der Waals surface area (Å²) in [5.41, 5.74) is 5.63. The van der Waals surface area contributed by atoms with Crippen LogP contribution in [-0.2, 0) is 0 Å². The average molecular weight is 209 g/mol. The summed E-state index contributed by atoms with van der Waals surface area (Å²) in [5, 5.41) is 10.9. The number of nitrogen functional groups attached to an aromatic ring is 1. The molecule has 0 saturated heterocycles. The molecule has 1 heterocycles. The fourth-order valence-corrected chi connectivity index (χ4v) is 2.28. The molecule has 0 aliphatic carbocycles. The van der Waals surface area contributed by atoms with Crippen LogP contribution in [0.4, 0.5) is 5.00 Å². The Bertz CT molecular complexity index is 464. The standard InChI is InChI=1S/C10H11NO2S/c1-2-13-6-4-3-5-7-8(6)9(12)10(11)14-7/h3-5,12H,2,11H2,1H3. The fourth-order valence-electron chi connectivity index (χ4n) is 1.40. The first-order valence-corrected chi connectivity index (χ1v) is 5.18. The summed E-state index contributed by atoms with van der Waals surface area (Å²) in [6.07, 6.45) is 0. The molecule has 0 spiro atoms. The molecule has 0 aliphatic rings. The fraction of sp³-hybridized carbons (Fsp3) is 0.200. The third-order valence-electron chi connectivity index (χ3n) is 1.98. The maximum Gasteiger partial charge on any atom is 0.161 e. The molecule has 2 rings (SSSR count). The van der Waals surface area contributed by atoms with Crippen molar-refractivity contribution in [2.75, 3.05) is 12.3 Å². The van der Waals surface area contributed by atoms with Crippen LogP contribution >= 0.6 is 11.3 Å². The number of nitrogens with two attached hydrogens (primary N) is 1. The van der Waals surface area contributed by atoms with E-state index in [4.69, 9.17) is 10.5 Å². The Labute approximate surface area is 85.7 Å². The number of thiophene rings is 1. The molecule has 0 bridgehead atoms. The molecule has 0 unspecified atom stereocenters. The minimum atomic E-state index is 0.133. The lowest BCUT2D eigenvalue weighted by molar-refractivity contribution is 0.343. The Kier molecular flexibility index (Phi) is 2.21. The second-order valence-corrected chi connectivity index (χ2v) is 3.96. The maximum atomic E-state index is 9.71. The minimum Gasteiger partial charge on any atom is -0.504 e. The molecule has 0 aliphatic heterocycles. The smallest absolute Gasteiger partial charge is 0.161 e. The molecular weight excluding hydrogens is 198 g/mol. The molecule has 1 aromatic carbocycles. The van der Waals surface area contributed by atoms with Gasteiger partial charge in [0.1, 0.15) is 10.8 Å². The number of ether oxygens (including phenoxy) is 1. The van der Waals surface area contributed by atoms with E-state index < -0.39 is 0 Å². The normalized spacial score (nSPS) is 10.6. The second-order valence-electron chi connectivity index (χ2n) is 2.88. The maximum absolute atomic E-state index is 9.71. The van der Waals surface area contributed by atoms with Crippen molar-refractivity contribution in [3.8, 4) is 11.5 Å². The van der Waals surface area contributed by atoms with Crippen molar-refractivity contribution >= 4 is 26.4 Å². The lowest BCUT2D eigenvalue weighted by Gasteiger charge is -2.04. The highest BCUT2D eigenvalue weighted by Crippen LogP contribution is 2.43. The first-order chi connectivity index (χ1) is 6.74. The van der Waals surface area contributed by atoms with Crippen molar-refractivity contribution in [1.82, 2.24) is 0 Å². The van der Waals surface area contributed by atoms with Gasteiger partial charge in [0, 0.05) is 4.70 Å². The van der Waals surface area contributed by atoms with Crippen molar-refractivity contribution in [3.63, 3.8) is 0 Å². The molecule has 0 saturated carbocycles. The van der Waals surface area contributed by atoms with Crippen molar-refractivity contribution < 1.29 is 9.84 Å². The summed E-state index contributed by atoms with van der Waals surface area (Å²) in [5.74, 6) is 0.824. The number of hydrogen-bond donors (Lipinski definition) is 2. The molecule has 0 radical (unpaired) electrons. The lowest BCUT2D eigenvalue weighted by Crippen LogP contribution is -1.91. The van der Waals surface area contributed by atoms with Gasteiger partial charge in [-0.3, -0.25) is 0 Å². The Morgan fingerprint density at radius 1 is 1.50 bits per heavy atom. The largest absolute Gasteiger partial charge is 0.504 e. The van der Waals surface area contributed by atoms with E-state index in [0.29, 0.717) is 17.4 Å². The van der Waals surface area contributed by atoms with Gasteiger partial charge in [0.15, 0.2) is 5.75 Å². The third kappa shape index (κ3) is 1.28. The first-order valence-electron chi connectivity index (χ1n) is 4.36. The van der Waals surface area contributed by atoms with E-state index in [-0.39, 0.29) is 5.75 Å². The van der Waals surface area contributed by atoms with E-state index >= 15 is 0 Å². The molecule has 0 amide bonds. The molecule has 1 aromatic heterocycles. The van der Waals surface area contributed by atoms with Gasteiger partial charge < -0.3 is 15.6 Å². The molecule has 3 N–H and O–H groups in total. The van der Waals surface area contributed by atoms with E-state index in [1.54, 1.807) is 0 Å². The van der Waals surface area contributed by atoms with Crippen LogP contribution in [0.2, 0.25) is 0 Å². The summed E-state index contributed by atoms with van der Waals surface area (Å²) in [4.78, 5) is 0. The summed E-state index contributed by atoms with van der Waals surface area (Å²) in [6, 6.07) is 5.64. The van der Waals surface area contributed by atoms with Crippen LogP contribution in [0.3, 0.4) is 0 Å². The highest BCUT2D eigenvalue weighted by molar-refractivity contribution is 7.23. The molecule has 14 heavy (non-hydrogen) atoms. The van der Waals surface area contributed by atoms with E-state index in [9.17, 15) is 5.11 Å². The Morgan fingerprint density at radius 2 is 2.29 bits per heavy atom. The molecule has 3 nitrogen and oxygen atoms in total. The van der Waals surface area contributed by atoms with Crippen molar-refractivity contribution in [2.45, 2.75) is 6.92 Å². The summed E-state index contributed by atoms with van der Waals surface area (Å²) < 4.78 is 6.35. The van der Waals surface area contributed by atoms with Gasteiger partial charge in [-0.05, 0) is 19.1 Å². The van der Waals surface area contributed by atoms with E-state index in [0.717, 1.165) is 10.1 Å². The molecule has 2 aromatic rings. The van der Waals surface area contributed by atoms with Gasteiger partial charge >= 0.3 is 0 Å². The zero-order valence-electron chi connectivity index (χ0n) is 7.78. The van der Waals surface area contributed by atoms with Gasteiger partial charge in [-0.25, -0.2) is 0 Å². The van der Waals surface area contributed by atoms with E-state index in [1.807, 2.05) is 25.1 Å². The van der Waals surface area contributed by atoms with Crippen LogP contribution in [0.1, 0.15) is 6.92 Å². The first kappa shape index (κ1) is 9.15. The SMILES string of the molecule is CCOc1cccc2sc(N)c(O)c12. The zero-order chi connectivity index (χ0) is 10.1. The summed E-state index contributed by atoms with van der Waals surface area (Å²) in [6.45, 7) is 2.49. The van der Waals surface area contributed by atoms with Crippen LogP contribution < -0.4 is 10.5 Å². The number of benzene rings is 1. The predicted octanol–water partition coefficient (Wildman–Crippen LogP) is 2.59. The van der Waals surface area contributed by atoms with Gasteiger partial charge in [0.2, 0.25) is 0 Å².